The van der Waals surface area contributed by atoms with Crippen LogP contribution >= 0.6 is 34.8 Å². The number of benzene rings is 1. The minimum Gasteiger partial charge on any atom is -0.445 e. The third kappa shape index (κ3) is 6.12. The number of likely N-dealkylation sites (tertiary alicyclic amines) is 1. The van der Waals surface area contributed by atoms with Crippen molar-refractivity contribution >= 4 is 74.4 Å². The van der Waals surface area contributed by atoms with Gasteiger partial charge in [0, 0.05) is 31.2 Å². The number of imide groups is 1. The molecule has 0 aliphatic carbocycles. The molecule has 4 aliphatic rings. The van der Waals surface area contributed by atoms with Crippen LogP contribution in [0.2, 0.25) is 0 Å². The molecule has 0 aromatic heterocycles. The lowest BCUT2D eigenvalue weighted by Gasteiger charge is -2.49. The van der Waals surface area contributed by atoms with E-state index in [1.807, 2.05) is 0 Å². The fourth-order valence-electron chi connectivity index (χ4n) is 5.83. The number of carbonyl (C=O) groups excluding carboxylic acids is 4. The van der Waals surface area contributed by atoms with E-state index in [1.165, 1.54) is 23.1 Å². The van der Waals surface area contributed by atoms with Crippen LogP contribution in [0, 0.1) is 0 Å². The predicted molar refractivity (Wildman–Crippen MR) is 159 cm³/mol. The lowest BCUT2D eigenvalue weighted by Crippen LogP contribution is -2.78. The number of carbonyl (C=O) groups is 4. The van der Waals surface area contributed by atoms with E-state index < -0.39 is 73.6 Å². The molecule has 1 aromatic carbocycles. The van der Waals surface area contributed by atoms with Crippen LogP contribution in [0.5, 0.6) is 0 Å². The molecular weight excluding hydrogens is 681 g/mol. The summed E-state index contributed by atoms with van der Waals surface area (Å²) in [6.45, 7) is 2.48. The molecule has 4 aliphatic heterocycles. The highest BCUT2D eigenvalue weighted by atomic mass is 35.6. The fraction of sp³-hybridized carbons (Fsp3) is 0.480. The second kappa shape index (κ2) is 11.5. The van der Waals surface area contributed by atoms with Crippen LogP contribution < -0.4 is 21.3 Å². The summed E-state index contributed by atoms with van der Waals surface area (Å²) in [5.41, 5.74) is -2.09. The van der Waals surface area contributed by atoms with Gasteiger partial charge >= 0.3 is 6.09 Å². The normalized spacial score (nSPS) is 27.3. The summed E-state index contributed by atoms with van der Waals surface area (Å²) in [7, 11) is -3.66. The number of sulfone groups is 1. The summed E-state index contributed by atoms with van der Waals surface area (Å²) in [5.74, 6) is -4.81. The Morgan fingerprint density at radius 3 is 2.51 bits per heavy atom. The van der Waals surface area contributed by atoms with Gasteiger partial charge in [-0.1, -0.05) is 47.4 Å². The molecule has 244 valence electrons. The van der Waals surface area contributed by atoms with Crippen molar-refractivity contribution < 1.29 is 42.5 Å². The Morgan fingerprint density at radius 2 is 1.89 bits per heavy atom. The number of halogens is 3. The molecule has 4 amide bonds. The standard InChI is InChI=1S/C25H28Cl3N7O9S/c1-12-29-19-15(9-34-17(36)6-7-18(34)37)30-21(32-22(39)44-11-23(26,27)28)35-10-16(25(40,41)24(19,35)33-12)31-20(38)13-4-3-5-14(8-13)45(2,42)43/h3-5,8,15-16,19,29,33,40-41H,1,6-7,9-11H2,2H3,(H,31,38)(H,30,32,39)/t15-,16-,19-,24-/m0/s1. The van der Waals surface area contributed by atoms with E-state index in [0.717, 1.165) is 17.2 Å². The maximum atomic E-state index is 13.3. The van der Waals surface area contributed by atoms with E-state index in [0.29, 0.717) is 0 Å². The molecule has 4 heterocycles. The monoisotopic (exact) mass is 707 g/mol. The molecule has 6 N–H and O–H groups in total. The molecule has 4 atom stereocenters. The van der Waals surface area contributed by atoms with Gasteiger partial charge in [0.25, 0.3) is 5.91 Å². The molecule has 3 saturated heterocycles. The van der Waals surface area contributed by atoms with Crippen molar-refractivity contribution in [3.8, 4) is 0 Å². The van der Waals surface area contributed by atoms with E-state index in [2.05, 4.69) is 32.8 Å². The van der Waals surface area contributed by atoms with Gasteiger partial charge in [0.2, 0.25) is 27.4 Å². The molecule has 0 bridgehead atoms. The van der Waals surface area contributed by atoms with Crippen LogP contribution in [0.1, 0.15) is 23.2 Å². The first kappa shape index (κ1) is 33.0. The van der Waals surface area contributed by atoms with Crippen molar-refractivity contribution in [2.75, 3.05) is 26.0 Å². The van der Waals surface area contributed by atoms with E-state index in [-0.39, 0.29) is 48.2 Å². The average Bonchev–Trinajstić information content (AvgIpc) is 3.53. The molecule has 0 saturated carbocycles. The third-order valence-electron chi connectivity index (χ3n) is 7.82. The molecule has 5 rings (SSSR count). The number of ether oxygens (including phenoxy) is 1. The largest absolute Gasteiger partial charge is 0.445 e. The topological polar surface area (TPSA) is 219 Å². The second-order valence-corrected chi connectivity index (χ2v) is 15.4. The first-order chi connectivity index (χ1) is 20.8. The van der Waals surface area contributed by atoms with Crippen LogP contribution in [-0.4, -0.2) is 118 Å². The maximum absolute atomic E-state index is 13.3. The molecule has 1 spiro atoms. The van der Waals surface area contributed by atoms with Gasteiger partial charge in [-0.3, -0.25) is 24.6 Å². The molecule has 0 unspecified atom stereocenters. The van der Waals surface area contributed by atoms with Gasteiger partial charge in [-0.2, -0.15) is 0 Å². The molecule has 3 fully saturated rings. The Labute approximate surface area is 271 Å². The molecule has 45 heavy (non-hydrogen) atoms. The molecule has 16 nitrogen and oxygen atoms in total. The van der Waals surface area contributed by atoms with Crippen molar-refractivity contribution in [3.63, 3.8) is 0 Å². The predicted octanol–water partition coefficient (Wildman–Crippen LogP) is -1.10. The zero-order valence-electron chi connectivity index (χ0n) is 23.4. The minimum atomic E-state index is -3.66. The first-order valence-corrected chi connectivity index (χ1v) is 16.3. The number of alkyl halides is 3. The number of rotatable bonds is 6. The van der Waals surface area contributed by atoms with Crippen molar-refractivity contribution in [1.82, 2.24) is 31.1 Å². The number of alkyl carbamates (subject to hydrolysis) is 1. The van der Waals surface area contributed by atoms with E-state index >= 15 is 0 Å². The van der Waals surface area contributed by atoms with E-state index in [4.69, 9.17) is 39.5 Å². The quantitative estimate of drug-likeness (QED) is 0.118. The number of aliphatic imine (C=N–C) groups is 1. The summed E-state index contributed by atoms with van der Waals surface area (Å²) in [5, 5.41) is 34.4. The highest BCUT2D eigenvalue weighted by Gasteiger charge is 2.74. The van der Waals surface area contributed by atoms with Crippen LogP contribution in [0.3, 0.4) is 0 Å². The highest BCUT2D eigenvalue weighted by Crippen LogP contribution is 2.45. The number of nitrogens with one attached hydrogen (secondary N) is 4. The van der Waals surface area contributed by atoms with Crippen molar-refractivity contribution in [3.05, 3.63) is 42.2 Å². The number of hydrogen-bond donors (Lipinski definition) is 6. The van der Waals surface area contributed by atoms with Gasteiger partial charge in [0.15, 0.2) is 15.5 Å². The SMILES string of the molecule is C=C1N[C@H]2[C@H](CN3C(=O)CCC3=O)N=C(NC(=O)OCC(Cl)(Cl)Cl)N3C[C@H](NC(=O)c4cccc(S(C)(=O)=O)c4)C(O)(O)[C@]23N1. The molecular formula is C25H28Cl3N7O9S. The lowest BCUT2D eigenvalue weighted by atomic mass is 9.85. The van der Waals surface area contributed by atoms with E-state index in [1.54, 1.807) is 0 Å². The van der Waals surface area contributed by atoms with E-state index in [9.17, 15) is 37.8 Å². The van der Waals surface area contributed by atoms with Gasteiger partial charge in [-0.25, -0.2) is 18.2 Å². The minimum absolute atomic E-state index is 0.0113. The van der Waals surface area contributed by atoms with Gasteiger partial charge < -0.3 is 35.8 Å². The molecule has 20 heteroatoms. The smallest absolute Gasteiger partial charge is 0.414 e. The maximum Gasteiger partial charge on any atom is 0.414 e. The van der Waals surface area contributed by atoms with Crippen LogP contribution in [0.15, 0.2) is 46.6 Å². The number of guanidine groups is 1. The summed E-state index contributed by atoms with van der Waals surface area (Å²) in [6.07, 6.45) is -0.190. The third-order valence-corrected chi connectivity index (χ3v) is 9.26. The average molecular weight is 709 g/mol. The Morgan fingerprint density at radius 1 is 1.22 bits per heavy atom. The van der Waals surface area contributed by atoms with Crippen molar-refractivity contribution in [2.24, 2.45) is 4.99 Å². The van der Waals surface area contributed by atoms with Crippen LogP contribution in [0.25, 0.3) is 0 Å². The van der Waals surface area contributed by atoms with Crippen LogP contribution in [0.4, 0.5) is 4.79 Å². The first-order valence-electron chi connectivity index (χ1n) is 13.3. The number of amides is 4. The zero-order valence-corrected chi connectivity index (χ0v) is 26.5. The number of hydrogen-bond acceptors (Lipinski definition) is 13. The van der Waals surface area contributed by atoms with Gasteiger partial charge in [0.1, 0.15) is 12.6 Å². The lowest BCUT2D eigenvalue weighted by molar-refractivity contribution is -0.231. The summed E-state index contributed by atoms with van der Waals surface area (Å²) in [6, 6.07) is 1.44. The second-order valence-electron chi connectivity index (χ2n) is 10.9. The number of aliphatic hydroxyl groups is 2. The van der Waals surface area contributed by atoms with Gasteiger partial charge in [-0.15, -0.1) is 0 Å². The van der Waals surface area contributed by atoms with Gasteiger partial charge in [0.05, 0.1) is 29.3 Å². The van der Waals surface area contributed by atoms with Gasteiger partial charge in [-0.05, 0) is 18.2 Å². The summed E-state index contributed by atoms with van der Waals surface area (Å²) in [4.78, 5) is 57.6. The molecule has 0 radical (unpaired) electrons. The Bertz CT molecular complexity index is 1600. The number of nitrogens with zero attached hydrogens (tertiary/aromatic N) is 3. The summed E-state index contributed by atoms with van der Waals surface area (Å²) < 4.78 is 27.1. The van der Waals surface area contributed by atoms with Crippen molar-refractivity contribution in [2.45, 2.75) is 51.1 Å². The Hall–Kier alpha value is -3.35. The Kier molecular flexibility index (Phi) is 8.42. The fourth-order valence-corrected chi connectivity index (χ4v) is 6.66. The highest BCUT2D eigenvalue weighted by molar-refractivity contribution is 7.90. The van der Waals surface area contributed by atoms with Crippen LogP contribution in [-0.2, 0) is 24.2 Å². The Balaban J connectivity index is 1.51. The van der Waals surface area contributed by atoms with Crippen molar-refractivity contribution in [1.29, 1.82) is 0 Å². The zero-order chi connectivity index (χ0) is 33.1. The summed E-state index contributed by atoms with van der Waals surface area (Å²) >= 11 is 17.0. The molecule has 1 aromatic rings.